The molecule has 1 amide bonds. The number of aromatic amines is 1. The van der Waals surface area contributed by atoms with E-state index in [-0.39, 0.29) is 16.8 Å². The number of benzene rings is 2. The van der Waals surface area contributed by atoms with Crippen LogP contribution < -0.4 is 19.7 Å². The molecule has 4 aromatic rings. The Morgan fingerprint density at radius 2 is 1.85 bits per heavy atom. The number of rotatable bonds is 10. The predicted octanol–water partition coefficient (Wildman–Crippen LogP) is 4.74. The normalized spacial score (nSPS) is 15.2. The van der Waals surface area contributed by atoms with Crippen LogP contribution in [-0.4, -0.2) is 58.3 Å². The van der Waals surface area contributed by atoms with Crippen molar-refractivity contribution in [2.24, 2.45) is 5.92 Å². The van der Waals surface area contributed by atoms with Crippen LogP contribution in [0.4, 0.5) is 0 Å². The minimum Gasteiger partial charge on any atom is -0.497 e. The Hall–Kier alpha value is -3.76. The van der Waals surface area contributed by atoms with Gasteiger partial charge in [0.1, 0.15) is 23.1 Å². The summed E-state index contributed by atoms with van der Waals surface area (Å²) < 4.78 is 11.5. The summed E-state index contributed by atoms with van der Waals surface area (Å²) in [6.45, 7) is 8.75. The number of carbonyl (C=O) groups is 1. The predicted molar refractivity (Wildman–Crippen MR) is 161 cm³/mol. The molecule has 0 aliphatic carbocycles. The molecular formula is C31H37N5O4S. The number of likely N-dealkylation sites (tertiary alicyclic amines) is 1. The summed E-state index contributed by atoms with van der Waals surface area (Å²) in [4.78, 5) is 31.9. The highest BCUT2D eigenvalue weighted by Gasteiger charge is 2.30. The number of hydrogen-bond donors (Lipinski definition) is 2. The number of carbonyl (C=O) groups excluding carboxylic acids is 1. The van der Waals surface area contributed by atoms with Crippen LogP contribution in [0.5, 0.6) is 11.5 Å². The molecule has 0 bridgehead atoms. The first-order valence-electron chi connectivity index (χ1n) is 14.1. The van der Waals surface area contributed by atoms with E-state index in [9.17, 15) is 9.59 Å². The van der Waals surface area contributed by atoms with E-state index in [0.29, 0.717) is 41.3 Å². The maximum atomic E-state index is 13.3. The average molecular weight is 576 g/mol. The number of nitrogens with one attached hydrogen (secondary N) is 2. The van der Waals surface area contributed by atoms with Crippen LogP contribution in [0.3, 0.4) is 0 Å². The zero-order chi connectivity index (χ0) is 28.9. The maximum absolute atomic E-state index is 13.3. The molecule has 41 heavy (non-hydrogen) atoms. The molecule has 1 atom stereocenters. The van der Waals surface area contributed by atoms with E-state index in [4.69, 9.17) is 9.47 Å². The van der Waals surface area contributed by atoms with E-state index in [1.165, 1.54) is 0 Å². The Bertz CT molecular complexity index is 1540. The molecule has 10 heteroatoms. The second-order valence-electron chi connectivity index (χ2n) is 10.9. The minimum atomic E-state index is -0.177. The Morgan fingerprint density at radius 1 is 1.12 bits per heavy atom. The molecular weight excluding hydrogens is 538 g/mol. The van der Waals surface area contributed by atoms with Gasteiger partial charge < -0.3 is 19.7 Å². The van der Waals surface area contributed by atoms with Gasteiger partial charge in [0.05, 0.1) is 12.6 Å². The maximum Gasteiger partial charge on any atom is 0.322 e. The molecule has 1 aliphatic heterocycles. The fourth-order valence-corrected chi connectivity index (χ4v) is 6.15. The number of methoxy groups -OCH3 is 1. The standard InChI is InChI=1S/C31H37N5O4S/c1-19(2)36-13-11-21(12-14-36)28(17-29-34-35-31(38)41-29)33-30(37)22-5-7-24(8-6-22)40-18-23-15-20(3)32-27-10-9-25(39-4)16-26(23)27/h5-10,15-16,19,21,28H,11-14,17-18H2,1-4H3,(H,33,37)(H,35,38). The Labute approximate surface area is 243 Å². The molecule has 1 saturated heterocycles. The number of nitrogens with zero attached hydrogens (tertiary/aromatic N) is 3. The van der Waals surface area contributed by atoms with Crippen LogP contribution in [-0.2, 0) is 13.0 Å². The summed E-state index contributed by atoms with van der Waals surface area (Å²) in [5.41, 5.74) is 3.38. The molecule has 1 aliphatic rings. The highest BCUT2D eigenvalue weighted by Crippen LogP contribution is 2.27. The summed E-state index contributed by atoms with van der Waals surface area (Å²) in [5.74, 6) is 1.61. The van der Waals surface area contributed by atoms with Gasteiger partial charge in [0.2, 0.25) is 0 Å². The van der Waals surface area contributed by atoms with E-state index < -0.39 is 0 Å². The monoisotopic (exact) mass is 575 g/mol. The van der Waals surface area contributed by atoms with Crippen LogP contribution in [0.15, 0.2) is 53.3 Å². The van der Waals surface area contributed by atoms with Crippen molar-refractivity contribution in [3.63, 3.8) is 0 Å². The van der Waals surface area contributed by atoms with Crippen LogP contribution in [0.1, 0.15) is 53.3 Å². The zero-order valence-corrected chi connectivity index (χ0v) is 24.8. The van der Waals surface area contributed by atoms with Gasteiger partial charge in [-0.2, -0.15) is 5.10 Å². The lowest BCUT2D eigenvalue weighted by Crippen LogP contribution is -2.47. The number of H-pyrrole nitrogens is 1. The molecule has 2 aromatic heterocycles. The highest BCUT2D eigenvalue weighted by atomic mass is 32.1. The van der Waals surface area contributed by atoms with Gasteiger partial charge in [0.15, 0.2) is 0 Å². The van der Waals surface area contributed by atoms with Crippen molar-refractivity contribution in [3.05, 3.63) is 80.0 Å². The number of aryl methyl sites for hydroxylation is 1. The molecule has 5 rings (SSSR count). The third-order valence-electron chi connectivity index (χ3n) is 7.81. The number of aromatic nitrogens is 3. The third kappa shape index (κ3) is 7.12. The molecule has 2 N–H and O–H groups in total. The lowest BCUT2D eigenvalue weighted by atomic mass is 9.87. The van der Waals surface area contributed by atoms with Gasteiger partial charge in [-0.25, -0.2) is 5.10 Å². The molecule has 216 valence electrons. The summed E-state index contributed by atoms with van der Waals surface area (Å²) >= 11 is 1.11. The summed E-state index contributed by atoms with van der Waals surface area (Å²) in [5, 5.41) is 11.6. The van der Waals surface area contributed by atoms with Gasteiger partial charge in [0, 0.05) is 40.7 Å². The van der Waals surface area contributed by atoms with Crippen LogP contribution >= 0.6 is 11.3 Å². The van der Waals surface area contributed by atoms with Gasteiger partial charge >= 0.3 is 4.87 Å². The molecule has 1 unspecified atom stereocenters. The summed E-state index contributed by atoms with van der Waals surface area (Å²) in [7, 11) is 1.65. The molecule has 0 saturated carbocycles. The van der Waals surface area contributed by atoms with E-state index in [1.807, 2.05) is 43.3 Å². The van der Waals surface area contributed by atoms with Crippen LogP contribution in [0, 0.1) is 12.8 Å². The summed E-state index contributed by atoms with van der Waals surface area (Å²) in [6, 6.07) is 15.5. The lowest BCUT2D eigenvalue weighted by Gasteiger charge is -2.38. The van der Waals surface area contributed by atoms with Gasteiger partial charge in [-0.05, 0) is 101 Å². The van der Waals surface area contributed by atoms with E-state index in [1.54, 1.807) is 19.2 Å². The highest BCUT2D eigenvalue weighted by molar-refractivity contribution is 7.08. The average Bonchev–Trinajstić information content (AvgIpc) is 3.39. The van der Waals surface area contributed by atoms with Crippen molar-refractivity contribution in [1.82, 2.24) is 25.4 Å². The zero-order valence-electron chi connectivity index (χ0n) is 24.0. The second kappa shape index (κ2) is 12.8. The molecule has 3 heterocycles. The first-order valence-corrected chi connectivity index (χ1v) is 14.9. The molecule has 2 aromatic carbocycles. The quantitative estimate of drug-likeness (QED) is 0.281. The number of fused-ring (bicyclic) bond motifs is 1. The largest absolute Gasteiger partial charge is 0.497 e. The van der Waals surface area contributed by atoms with Crippen molar-refractivity contribution >= 4 is 28.1 Å². The minimum absolute atomic E-state index is 0.105. The van der Waals surface area contributed by atoms with Gasteiger partial charge in [-0.15, -0.1) is 0 Å². The van der Waals surface area contributed by atoms with E-state index in [0.717, 1.165) is 65.2 Å². The van der Waals surface area contributed by atoms with E-state index >= 15 is 0 Å². The van der Waals surface area contributed by atoms with E-state index in [2.05, 4.69) is 39.2 Å². The van der Waals surface area contributed by atoms with Crippen LogP contribution in [0.2, 0.25) is 0 Å². The van der Waals surface area contributed by atoms with Crippen molar-refractivity contribution in [3.8, 4) is 11.5 Å². The Morgan fingerprint density at radius 3 is 2.51 bits per heavy atom. The molecule has 9 nitrogen and oxygen atoms in total. The number of ether oxygens (including phenoxy) is 2. The van der Waals surface area contributed by atoms with Gasteiger partial charge in [0.25, 0.3) is 5.91 Å². The number of hydrogen-bond acceptors (Lipinski definition) is 8. The topological polar surface area (TPSA) is 109 Å². The second-order valence-corrected chi connectivity index (χ2v) is 11.9. The SMILES string of the molecule is COc1ccc2nc(C)cc(COc3ccc(C(=O)NC(Cc4n[nH]c(=O)s4)C4CCN(C(C)C)CC4)cc3)c2c1. The van der Waals surface area contributed by atoms with Gasteiger partial charge in [-0.1, -0.05) is 11.3 Å². The lowest BCUT2D eigenvalue weighted by molar-refractivity contribution is 0.0877. The number of amides is 1. The number of piperidine rings is 1. The first-order chi connectivity index (χ1) is 19.8. The van der Waals surface area contributed by atoms with Gasteiger partial charge in [-0.3, -0.25) is 14.6 Å². The summed E-state index contributed by atoms with van der Waals surface area (Å²) in [6.07, 6.45) is 2.52. The van der Waals surface area contributed by atoms with Crippen molar-refractivity contribution in [2.45, 2.75) is 58.7 Å². The van der Waals surface area contributed by atoms with Crippen molar-refractivity contribution < 1.29 is 14.3 Å². The Kier molecular flexibility index (Phi) is 8.99. The van der Waals surface area contributed by atoms with Crippen LogP contribution in [0.25, 0.3) is 10.9 Å². The molecule has 1 fully saturated rings. The van der Waals surface area contributed by atoms with Crippen molar-refractivity contribution in [1.29, 1.82) is 0 Å². The fourth-order valence-electron chi connectivity index (χ4n) is 5.49. The smallest absolute Gasteiger partial charge is 0.322 e. The third-order valence-corrected chi connectivity index (χ3v) is 8.58. The molecule has 0 radical (unpaired) electrons. The Balaban J connectivity index is 1.25. The molecule has 0 spiro atoms. The first kappa shape index (κ1) is 28.8. The number of pyridine rings is 1. The fraction of sp³-hybridized carbons (Fsp3) is 0.419. The van der Waals surface area contributed by atoms with Crippen molar-refractivity contribution in [2.75, 3.05) is 20.2 Å².